The molecule has 0 radical (unpaired) electrons. The number of carbonyl (C=O) groups is 1. The van der Waals surface area contributed by atoms with E-state index in [4.69, 9.17) is 4.98 Å². The van der Waals surface area contributed by atoms with Crippen LogP contribution in [0.4, 0.5) is 0 Å². The molecule has 2 fully saturated rings. The van der Waals surface area contributed by atoms with Crippen LogP contribution in [0, 0.1) is 0 Å². The second-order valence-electron chi connectivity index (χ2n) is 8.36. The summed E-state index contributed by atoms with van der Waals surface area (Å²) in [6.45, 7) is 0.608. The molecule has 6 nitrogen and oxygen atoms in total. The average molecular weight is 390 g/mol. The van der Waals surface area contributed by atoms with Crippen molar-refractivity contribution < 1.29 is 4.79 Å². The van der Waals surface area contributed by atoms with Crippen molar-refractivity contribution in [2.24, 2.45) is 0 Å². The molecule has 0 atom stereocenters. The molecule has 0 saturated heterocycles. The molecule has 2 aliphatic heterocycles. The van der Waals surface area contributed by atoms with E-state index in [0.29, 0.717) is 24.3 Å². The summed E-state index contributed by atoms with van der Waals surface area (Å²) in [5.41, 5.74) is 3.23. The maximum Gasteiger partial charge on any atom is 0.272 e. The Morgan fingerprint density at radius 2 is 1.66 bits per heavy atom. The summed E-state index contributed by atoms with van der Waals surface area (Å²) in [5.74, 6) is 0.119. The molecular formula is C23H27N5O. The molecule has 0 bridgehead atoms. The van der Waals surface area contributed by atoms with Crippen molar-refractivity contribution in [1.82, 2.24) is 24.4 Å². The van der Waals surface area contributed by atoms with Crippen molar-refractivity contribution in [2.45, 2.75) is 70.0 Å². The third-order valence-electron chi connectivity index (χ3n) is 6.41. The number of imidazole rings is 1. The zero-order chi connectivity index (χ0) is 19.6. The summed E-state index contributed by atoms with van der Waals surface area (Å²) < 4.78 is 2.04. The van der Waals surface area contributed by atoms with Gasteiger partial charge in [-0.05, 0) is 43.9 Å². The minimum Gasteiger partial charge on any atom is -0.346 e. The fourth-order valence-electron chi connectivity index (χ4n) is 4.98. The lowest BCUT2D eigenvalue weighted by molar-refractivity contribution is 0.0574. The lowest BCUT2D eigenvalue weighted by atomic mass is 10.1. The summed E-state index contributed by atoms with van der Waals surface area (Å²) in [7, 11) is 0. The molecule has 6 heteroatoms. The van der Waals surface area contributed by atoms with Gasteiger partial charge in [-0.1, -0.05) is 31.7 Å². The maximum atomic E-state index is 13.5. The van der Waals surface area contributed by atoms with Crippen molar-refractivity contribution in [3.63, 3.8) is 0 Å². The van der Waals surface area contributed by atoms with Crippen molar-refractivity contribution in [2.75, 3.05) is 0 Å². The van der Waals surface area contributed by atoms with Crippen molar-refractivity contribution >= 4 is 5.91 Å². The molecular weight excluding hydrogens is 362 g/mol. The summed E-state index contributed by atoms with van der Waals surface area (Å²) in [5, 5.41) is 0. The number of rotatable bonds is 5. The summed E-state index contributed by atoms with van der Waals surface area (Å²) in [6.07, 6.45) is 15.0. The Bertz CT molecular complexity index is 939. The smallest absolute Gasteiger partial charge is 0.272 e. The Labute approximate surface area is 171 Å². The molecule has 2 aliphatic carbocycles. The van der Waals surface area contributed by atoms with Crippen LogP contribution in [-0.4, -0.2) is 42.4 Å². The highest BCUT2D eigenvalue weighted by molar-refractivity contribution is 5.92. The van der Waals surface area contributed by atoms with E-state index in [2.05, 4.69) is 14.9 Å². The fourth-order valence-corrected chi connectivity index (χ4v) is 4.98. The van der Waals surface area contributed by atoms with Gasteiger partial charge in [0.25, 0.3) is 5.91 Å². The zero-order valence-corrected chi connectivity index (χ0v) is 16.7. The van der Waals surface area contributed by atoms with Crippen molar-refractivity contribution in [3.05, 3.63) is 54.4 Å². The lowest BCUT2D eigenvalue weighted by Crippen LogP contribution is -2.45. The van der Waals surface area contributed by atoms with E-state index in [9.17, 15) is 4.79 Å². The Hall–Kier alpha value is -2.76. The molecule has 5 rings (SSSR count). The molecule has 1 aromatic heterocycles. The van der Waals surface area contributed by atoms with E-state index in [1.807, 2.05) is 41.2 Å². The molecule has 2 saturated carbocycles. The van der Waals surface area contributed by atoms with E-state index < -0.39 is 0 Å². The number of hydrogen-bond donors (Lipinski definition) is 0. The third-order valence-corrected chi connectivity index (χ3v) is 6.41. The first kappa shape index (κ1) is 18.3. The summed E-state index contributed by atoms with van der Waals surface area (Å²) >= 11 is 0. The lowest BCUT2D eigenvalue weighted by Gasteiger charge is -2.34. The predicted octanol–water partition coefficient (Wildman–Crippen LogP) is 4.15. The molecule has 1 amide bonds. The minimum absolute atomic E-state index is 0.119. The van der Waals surface area contributed by atoms with Gasteiger partial charge in [0.1, 0.15) is 17.7 Å². The predicted molar refractivity (Wildman–Crippen MR) is 111 cm³/mol. The van der Waals surface area contributed by atoms with Crippen LogP contribution in [0.2, 0.25) is 0 Å². The number of pyridine rings is 2. The number of aromatic nitrogens is 4. The van der Waals surface area contributed by atoms with Gasteiger partial charge in [-0.3, -0.25) is 4.79 Å². The highest BCUT2D eigenvalue weighted by atomic mass is 16.2. The number of carbonyl (C=O) groups excluding carboxylic acids is 1. The van der Waals surface area contributed by atoms with Gasteiger partial charge in [-0.15, -0.1) is 0 Å². The van der Waals surface area contributed by atoms with Crippen LogP contribution in [0.5, 0.6) is 0 Å². The monoisotopic (exact) mass is 389 g/mol. The largest absolute Gasteiger partial charge is 0.346 e. The van der Waals surface area contributed by atoms with E-state index >= 15 is 0 Å². The van der Waals surface area contributed by atoms with Crippen LogP contribution in [0.25, 0.3) is 11.4 Å². The quantitative estimate of drug-likeness (QED) is 0.657. The van der Waals surface area contributed by atoms with Crippen molar-refractivity contribution in [1.29, 1.82) is 0 Å². The van der Waals surface area contributed by atoms with Gasteiger partial charge < -0.3 is 9.47 Å². The number of nitrogens with zero attached hydrogens (tertiary/aromatic N) is 5. The Morgan fingerprint density at radius 1 is 0.966 bits per heavy atom. The van der Waals surface area contributed by atoms with Crippen LogP contribution in [0.3, 0.4) is 0 Å². The first-order chi connectivity index (χ1) is 14.3. The van der Waals surface area contributed by atoms with Gasteiger partial charge in [0.05, 0.1) is 17.9 Å². The Morgan fingerprint density at radius 3 is 2.38 bits per heavy atom. The van der Waals surface area contributed by atoms with Crippen molar-refractivity contribution in [3.8, 4) is 11.4 Å². The maximum absolute atomic E-state index is 13.5. The van der Waals surface area contributed by atoms with E-state index in [1.54, 1.807) is 6.33 Å². The molecule has 4 aliphatic rings. The topological polar surface area (TPSA) is 63.9 Å². The van der Waals surface area contributed by atoms with Gasteiger partial charge >= 0.3 is 0 Å². The zero-order valence-electron chi connectivity index (χ0n) is 16.7. The first-order valence-corrected chi connectivity index (χ1v) is 10.8. The average Bonchev–Trinajstić information content (AvgIpc) is 3.51. The van der Waals surface area contributed by atoms with Gasteiger partial charge in [0.15, 0.2) is 0 Å². The first-order valence-electron chi connectivity index (χ1n) is 10.8. The molecule has 1 aromatic rings. The van der Waals surface area contributed by atoms with E-state index in [-0.39, 0.29) is 5.91 Å². The van der Waals surface area contributed by atoms with E-state index in [0.717, 1.165) is 42.8 Å². The van der Waals surface area contributed by atoms with E-state index in [1.165, 1.54) is 25.7 Å². The molecule has 29 heavy (non-hydrogen) atoms. The Kier molecular flexibility index (Phi) is 5.00. The SMILES string of the molecule is O=C(c1cccc(Cn2ccc3ncnc-3c2)n1)N(C1CCCC1)C1CCCC1. The summed E-state index contributed by atoms with van der Waals surface area (Å²) in [4.78, 5) is 28.9. The van der Waals surface area contributed by atoms with Crippen LogP contribution < -0.4 is 0 Å². The second kappa shape index (κ2) is 7.93. The van der Waals surface area contributed by atoms with Crippen LogP contribution in [0.15, 0.2) is 43.0 Å². The number of amides is 1. The molecule has 150 valence electrons. The molecule has 0 N–H and O–H groups in total. The Balaban J connectivity index is 1.38. The number of fused-ring (bicyclic) bond motifs is 1. The van der Waals surface area contributed by atoms with Gasteiger partial charge in [0, 0.05) is 24.5 Å². The van der Waals surface area contributed by atoms with Gasteiger partial charge in [-0.25, -0.2) is 15.0 Å². The standard InChI is InChI=1S/C23H27N5O/c29-23(28(18-7-1-2-8-18)19-9-3-4-10-19)21-11-5-6-17(26-21)14-27-13-12-20-22(15-27)25-16-24-20/h5-6,11-13,15-16,18-19H,1-4,7-10,14H2. The highest BCUT2D eigenvalue weighted by Gasteiger charge is 2.35. The third kappa shape index (κ3) is 3.76. The molecule has 0 aromatic carbocycles. The molecule has 3 heterocycles. The van der Waals surface area contributed by atoms with Gasteiger partial charge in [-0.2, -0.15) is 0 Å². The molecule has 0 unspecified atom stereocenters. The van der Waals surface area contributed by atoms with Crippen LogP contribution >= 0.6 is 0 Å². The minimum atomic E-state index is 0.119. The molecule has 0 spiro atoms. The highest BCUT2D eigenvalue weighted by Crippen LogP contribution is 2.32. The van der Waals surface area contributed by atoms with Gasteiger partial charge in [0.2, 0.25) is 0 Å². The normalized spacial score (nSPS) is 17.9. The number of hydrogen-bond acceptors (Lipinski definition) is 4. The van der Waals surface area contributed by atoms with Crippen LogP contribution in [-0.2, 0) is 6.54 Å². The fraction of sp³-hybridized carbons (Fsp3) is 0.478. The van der Waals surface area contributed by atoms with Crippen LogP contribution in [0.1, 0.15) is 67.5 Å². The summed E-state index contributed by atoms with van der Waals surface area (Å²) in [6, 6.07) is 8.56. The second-order valence-corrected chi connectivity index (χ2v) is 8.36.